The Morgan fingerprint density at radius 3 is 2.42 bits per heavy atom. The lowest BCUT2D eigenvalue weighted by Gasteiger charge is -2.38. The van der Waals surface area contributed by atoms with Gasteiger partial charge < -0.3 is 19.1 Å². The van der Waals surface area contributed by atoms with Gasteiger partial charge in [-0.05, 0) is 24.3 Å². The minimum Gasteiger partial charge on any atom is -0.378 e. The topological polar surface area (TPSA) is 58.8 Å². The fourth-order valence-electron chi connectivity index (χ4n) is 5.68. The molecule has 3 aliphatic rings. The zero-order valence-corrected chi connectivity index (χ0v) is 18.1. The van der Waals surface area contributed by atoms with Crippen molar-refractivity contribution >= 4 is 28.1 Å². The van der Waals surface area contributed by atoms with Crippen LogP contribution in [0.5, 0.6) is 0 Å². The molecule has 6 heteroatoms. The molecule has 2 unspecified atom stereocenters. The first-order valence-corrected chi connectivity index (χ1v) is 11.3. The van der Waals surface area contributed by atoms with Crippen LogP contribution in [0.15, 0.2) is 34.9 Å². The van der Waals surface area contributed by atoms with Crippen LogP contribution in [0.25, 0.3) is 22.2 Å². The van der Waals surface area contributed by atoms with E-state index in [1.54, 1.807) is 0 Å². The Balaban J connectivity index is 1.62. The second-order valence-corrected chi connectivity index (χ2v) is 9.35. The molecule has 0 saturated carbocycles. The third-order valence-corrected chi connectivity index (χ3v) is 6.92. The van der Waals surface area contributed by atoms with Crippen LogP contribution in [0.4, 0.5) is 11.4 Å². The minimum atomic E-state index is 0.0599. The number of morpholine rings is 1. The summed E-state index contributed by atoms with van der Waals surface area (Å²) in [5, 5.41) is 5.39. The molecule has 0 N–H and O–H groups in total. The summed E-state index contributed by atoms with van der Waals surface area (Å²) in [6.45, 7) is 9.52. The number of piperidine rings is 1. The van der Waals surface area contributed by atoms with Gasteiger partial charge in [0, 0.05) is 37.3 Å². The highest BCUT2D eigenvalue weighted by Crippen LogP contribution is 2.47. The van der Waals surface area contributed by atoms with Crippen molar-refractivity contribution in [1.29, 1.82) is 0 Å². The standard InChI is InChI=1S/C25H27N3O3/c1-15-11-16(2)14-28(13-15)20-12-19(27-7-9-30-10-8-27)21-22-23(20)26-31-25(22)18-6-4-3-5-17(18)24(21)29/h3-6,12,15-16H,7-11,13-14H2,1-2H3. The molecule has 160 valence electrons. The van der Waals surface area contributed by atoms with Gasteiger partial charge in [0.05, 0.1) is 35.5 Å². The molecule has 0 radical (unpaired) electrons. The van der Waals surface area contributed by atoms with Crippen molar-refractivity contribution in [2.75, 3.05) is 49.2 Å². The van der Waals surface area contributed by atoms with E-state index in [1.807, 2.05) is 24.3 Å². The van der Waals surface area contributed by atoms with Crippen LogP contribution in [0, 0.1) is 11.8 Å². The summed E-state index contributed by atoms with van der Waals surface area (Å²) in [6, 6.07) is 9.90. The van der Waals surface area contributed by atoms with Crippen molar-refractivity contribution in [1.82, 2.24) is 5.16 Å². The molecular weight excluding hydrogens is 390 g/mol. The molecule has 2 aromatic carbocycles. The summed E-state index contributed by atoms with van der Waals surface area (Å²) in [6.07, 6.45) is 1.24. The fraction of sp³-hybridized carbons (Fsp3) is 0.440. The Morgan fingerprint density at radius 1 is 0.968 bits per heavy atom. The number of rotatable bonds is 2. The van der Waals surface area contributed by atoms with Crippen molar-refractivity contribution in [2.24, 2.45) is 11.8 Å². The van der Waals surface area contributed by atoms with Gasteiger partial charge in [-0.15, -0.1) is 0 Å². The van der Waals surface area contributed by atoms with Gasteiger partial charge in [0.1, 0.15) is 5.52 Å². The molecule has 3 heterocycles. The van der Waals surface area contributed by atoms with Gasteiger partial charge in [0.2, 0.25) is 0 Å². The van der Waals surface area contributed by atoms with E-state index >= 15 is 0 Å². The Kier molecular flexibility index (Phi) is 4.32. The quantitative estimate of drug-likeness (QED) is 0.483. The number of carbonyl (C=O) groups is 1. The monoisotopic (exact) mass is 417 g/mol. The minimum absolute atomic E-state index is 0.0599. The lowest BCUT2D eigenvalue weighted by molar-refractivity contribution is 0.103. The predicted molar refractivity (Wildman–Crippen MR) is 121 cm³/mol. The van der Waals surface area contributed by atoms with Crippen molar-refractivity contribution in [3.05, 3.63) is 41.5 Å². The highest BCUT2D eigenvalue weighted by atomic mass is 16.5. The summed E-state index contributed by atoms with van der Waals surface area (Å²) < 4.78 is 11.5. The van der Waals surface area contributed by atoms with Crippen molar-refractivity contribution in [2.45, 2.75) is 20.3 Å². The molecule has 31 heavy (non-hydrogen) atoms. The van der Waals surface area contributed by atoms with E-state index in [4.69, 9.17) is 9.26 Å². The normalized spacial score (nSPS) is 23.4. The van der Waals surface area contributed by atoms with Gasteiger partial charge >= 0.3 is 0 Å². The third kappa shape index (κ3) is 2.88. The first-order chi connectivity index (χ1) is 15.1. The number of fused-ring (bicyclic) bond motifs is 2. The zero-order valence-electron chi connectivity index (χ0n) is 18.1. The number of ether oxygens (including phenoxy) is 1. The summed E-state index contributed by atoms with van der Waals surface area (Å²) in [7, 11) is 0. The maximum Gasteiger partial charge on any atom is 0.196 e. The molecule has 0 bridgehead atoms. The second kappa shape index (κ2) is 7.09. The van der Waals surface area contributed by atoms with Crippen LogP contribution in [-0.2, 0) is 4.74 Å². The number of hydrogen-bond acceptors (Lipinski definition) is 6. The van der Waals surface area contributed by atoms with Gasteiger partial charge in [-0.1, -0.05) is 43.3 Å². The van der Waals surface area contributed by atoms with E-state index in [1.165, 1.54) is 6.42 Å². The predicted octanol–water partition coefficient (Wildman–Crippen LogP) is 4.36. The Labute approximate surface area is 181 Å². The maximum absolute atomic E-state index is 13.7. The molecule has 6 rings (SSSR count). The van der Waals surface area contributed by atoms with E-state index in [0.29, 0.717) is 30.6 Å². The lowest BCUT2D eigenvalue weighted by Crippen LogP contribution is -2.40. The molecule has 1 aromatic heterocycles. The Morgan fingerprint density at radius 2 is 1.68 bits per heavy atom. The molecule has 2 aliphatic heterocycles. The molecule has 3 aromatic rings. The molecular formula is C25H27N3O3. The number of nitrogens with zero attached hydrogens (tertiary/aromatic N) is 3. The lowest BCUT2D eigenvalue weighted by atomic mass is 9.85. The van der Waals surface area contributed by atoms with Crippen molar-refractivity contribution in [3.8, 4) is 11.3 Å². The van der Waals surface area contributed by atoms with Crippen LogP contribution in [0.1, 0.15) is 36.2 Å². The van der Waals surface area contributed by atoms with Crippen LogP contribution in [-0.4, -0.2) is 50.3 Å². The molecule has 2 fully saturated rings. The average molecular weight is 418 g/mol. The Hall–Kier alpha value is -2.86. The van der Waals surface area contributed by atoms with Gasteiger partial charge in [-0.25, -0.2) is 0 Å². The fourth-order valence-corrected chi connectivity index (χ4v) is 5.68. The maximum atomic E-state index is 13.7. The SMILES string of the molecule is CC1CC(C)CN(c2cc(N3CCOCC3)c3c4c(onc24)-c2ccccc2C3=O)C1. The average Bonchev–Trinajstić information content (AvgIpc) is 3.22. The summed E-state index contributed by atoms with van der Waals surface area (Å²) in [5.41, 5.74) is 5.14. The molecule has 2 saturated heterocycles. The number of benzene rings is 2. The largest absolute Gasteiger partial charge is 0.378 e. The van der Waals surface area contributed by atoms with Gasteiger partial charge in [-0.3, -0.25) is 4.79 Å². The molecule has 6 nitrogen and oxygen atoms in total. The van der Waals surface area contributed by atoms with Crippen LogP contribution < -0.4 is 9.80 Å². The number of hydrogen-bond donors (Lipinski definition) is 0. The highest BCUT2D eigenvalue weighted by molar-refractivity contribution is 6.28. The van der Waals surface area contributed by atoms with Gasteiger partial charge in [-0.2, -0.15) is 0 Å². The molecule has 1 aliphatic carbocycles. The summed E-state index contributed by atoms with van der Waals surface area (Å²) in [4.78, 5) is 18.4. The van der Waals surface area contributed by atoms with E-state index < -0.39 is 0 Å². The van der Waals surface area contributed by atoms with Gasteiger partial charge in [0.25, 0.3) is 0 Å². The number of ketones is 1. The molecule has 0 spiro atoms. The van der Waals surface area contributed by atoms with Gasteiger partial charge in [0.15, 0.2) is 11.5 Å². The van der Waals surface area contributed by atoms with Crippen LogP contribution in [0.2, 0.25) is 0 Å². The number of anilines is 2. The van der Waals surface area contributed by atoms with Crippen molar-refractivity contribution < 1.29 is 14.1 Å². The summed E-state index contributed by atoms with van der Waals surface area (Å²) in [5.74, 6) is 2.01. The summed E-state index contributed by atoms with van der Waals surface area (Å²) >= 11 is 0. The second-order valence-electron chi connectivity index (χ2n) is 9.35. The highest BCUT2D eigenvalue weighted by Gasteiger charge is 2.36. The van der Waals surface area contributed by atoms with E-state index in [-0.39, 0.29) is 5.78 Å². The van der Waals surface area contributed by atoms with Crippen LogP contribution in [0.3, 0.4) is 0 Å². The van der Waals surface area contributed by atoms with Crippen molar-refractivity contribution in [3.63, 3.8) is 0 Å². The smallest absolute Gasteiger partial charge is 0.196 e. The van der Waals surface area contributed by atoms with E-state index in [2.05, 4.69) is 34.9 Å². The first kappa shape index (κ1) is 18.9. The number of carbonyl (C=O) groups excluding carboxylic acids is 1. The molecule has 0 amide bonds. The Bertz CT molecular complexity index is 1170. The zero-order chi connectivity index (χ0) is 21.1. The van der Waals surface area contributed by atoms with Crippen LogP contribution >= 0.6 is 0 Å². The third-order valence-electron chi connectivity index (χ3n) is 6.92. The van der Waals surface area contributed by atoms with E-state index in [0.717, 1.165) is 65.3 Å². The molecule has 2 atom stereocenters. The van der Waals surface area contributed by atoms with E-state index in [9.17, 15) is 4.79 Å². The first-order valence-electron chi connectivity index (χ1n) is 11.3. The number of aromatic nitrogens is 1.